The molecule has 0 aliphatic carbocycles. The maximum atomic E-state index is 13.8. The molecule has 0 aromatic carbocycles. The Hall–Kier alpha value is -3.55. The fourth-order valence-corrected chi connectivity index (χ4v) is 2.33. The summed E-state index contributed by atoms with van der Waals surface area (Å²) in [7, 11) is 0. The first-order valence-corrected chi connectivity index (χ1v) is 7.65. The van der Waals surface area contributed by atoms with Gasteiger partial charge in [0.15, 0.2) is 0 Å². The minimum Gasteiger partial charge on any atom is -0.332 e. The van der Waals surface area contributed by atoms with E-state index in [4.69, 9.17) is 4.52 Å². The van der Waals surface area contributed by atoms with Gasteiger partial charge in [-0.25, -0.2) is 13.8 Å². The summed E-state index contributed by atoms with van der Waals surface area (Å²) in [4.78, 5) is 16.4. The summed E-state index contributed by atoms with van der Waals surface area (Å²) in [5, 5.41) is 3.88. The van der Waals surface area contributed by atoms with E-state index < -0.39 is 5.82 Å². The molecule has 0 unspecified atom stereocenters. The normalized spacial score (nSPS) is 10.9. The van der Waals surface area contributed by atoms with E-state index >= 15 is 0 Å². The molecule has 0 saturated carbocycles. The van der Waals surface area contributed by atoms with Crippen molar-refractivity contribution in [3.8, 4) is 34.2 Å². The Morgan fingerprint density at radius 3 is 2.54 bits per heavy atom. The molecule has 0 radical (unpaired) electrons. The molecule has 4 aromatic heterocycles. The third-order valence-corrected chi connectivity index (χ3v) is 3.72. The standard InChI is InChI=1S/C18H11F2N5O/c1-10-14(20)6-12(8-22-10)11-4-5-21-16(7-11)17-24-18(26-25-17)15-3-2-13(19)9-23-15/h2-9H,1H3. The quantitative estimate of drug-likeness (QED) is 0.558. The van der Waals surface area contributed by atoms with Crippen LogP contribution in [0.25, 0.3) is 34.2 Å². The minimum absolute atomic E-state index is 0.148. The van der Waals surface area contributed by atoms with Crippen LogP contribution in [-0.4, -0.2) is 25.1 Å². The summed E-state index contributed by atoms with van der Waals surface area (Å²) in [6, 6.07) is 7.54. The van der Waals surface area contributed by atoms with Crippen molar-refractivity contribution in [3.05, 3.63) is 66.3 Å². The summed E-state index contributed by atoms with van der Waals surface area (Å²) >= 11 is 0. The van der Waals surface area contributed by atoms with Crippen LogP contribution in [0.15, 0.2) is 53.4 Å². The fourth-order valence-electron chi connectivity index (χ4n) is 2.33. The average Bonchev–Trinajstić information content (AvgIpc) is 3.15. The molecular weight excluding hydrogens is 340 g/mol. The van der Waals surface area contributed by atoms with Crippen molar-refractivity contribution >= 4 is 0 Å². The second-order valence-electron chi connectivity index (χ2n) is 5.51. The van der Waals surface area contributed by atoms with Crippen LogP contribution in [0.1, 0.15) is 5.69 Å². The van der Waals surface area contributed by atoms with Crippen LogP contribution < -0.4 is 0 Å². The van der Waals surface area contributed by atoms with Crippen molar-refractivity contribution in [1.82, 2.24) is 25.1 Å². The predicted molar refractivity (Wildman–Crippen MR) is 88.6 cm³/mol. The number of nitrogens with zero attached hydrogens (tertiary/aromatic N) is 5. The molecule has 0 spiro atoms. The zero-order valence-electron chi connectivity index (χ0n) is 13.5. The second-order valence-corrected chi connectivity index (χ2v) is 5.51. The SMILES string of the molecule is Cc1ncc(-c2ccnc(-c3noc(-c4ccc(F)cn4)n3)c2)cc1F. The largest absolute Gasteiger partial charge is 0.332 e. The Kier molecular flexibility index (Phi) is 3.92. The number of aryl methyl sites for hydroxylation is 1. The Balaban J connectivity index is 1.68. The molecule has 0 amide bonds. The molecule has 0 aliphatic heterocycles. The number of hydrogen-bond acceptors (Lipinski definition) is 6. The zero-order valence-corrected chi connectivity index (χ0v) is 13.5. The molecule has 0 fully saturated rings. The monoisotopic (exact) mass is 351 g/mol. The fraction of sp³-hybridized carbons (Fsp3) is 0.0556. The summed E-state index contributed by atoms with van der Waals surface area (Å²) in [6.07, 6.45) is 4.22. The van der Waals surface area contributed by atoms with Crippen molar-refractivity contribution in [2.45, 2.75) is 6.92 Å². The lowest BCUT2D eigenvalue weighted by atomic mass is 10.1. The summed E-state index contributed by atoms with van der Waals surface area (Å²) in [6.45, 7) is 1.60. The van der Waals surface area contributed by atoms with Gasteiger partial charge >= 0.3 is 0 Å². The van der Waals surface area contributed by atoms with E-state index in [1.165, 1.54) is 18.2 Å². The van der Waals surface area contributed by atoms with Gasteiger partial charge in [-0.1, -0.05) is 5.16 Å². The Morgan fingerprint density at radius 1 is 0.885 bits per heavy atom. The van der Waals surface area contributed by atoms with E-state index in [2.05, 4.69) is 25.1 Å². The molecule has 4 heterocycles. The molecule has 0 N–H and O–H groups in total. The molecule has 0 saturated heterocycles. The Morgan fingerprint density at radius 2 is 1.77 bits per heavy atom. The van der Waals surface area contributed by atoms with Crippen LogP contribution in [0.3, 0.4) is 0 Å². The van der Waals surface area contributed by atoms with Crippen LogP contribution in [0, 0.1) is 18.6 Å². The highest BCUT2D eigenvalue weighted by atomic mass is 19.1. The van der Waals surface area contributed by atoms with Gasteiger partial charge in [-0.15, -0.1) is 0 Å². The lowest BCUT2D eigenvalue weighted by molar-refractivity contribution is 0.430. The first-order chi connectivity index (χ1) is 12.6. The molecular formula is C18H11F2N5O. The molecule has 6 nitrogen and oxygen atoms in total. The highest BCUT2D eigenvalue weighted by molar-refractivity contribution is 5.67. The smallest absolute Gasteiger partial charge is 0.276 e. The van der Waals surface area contributed by atoms with Gasteiger partial charge in [0, 0.05) is 18.0 Å². The molecule has 4 aromatic rings. The number of aromatic nitrogens is 5. The summed E-state index contributed by atoms with van der Waals surface area (Å²) in [5.74, 6) is -0.448. The van der Waals surface area contributed by atoms with E-state index in [1.807, 2.05) is 0 Å². The average molecular weight is 351 g/mol. The molecule has 0 atom stereocenters. The molecule has 0 bridgehead atoms. The van der Waals surface area contributed by atoms with Gasteiger partial charge in [-0.2, -0.15) is 4.98 Å². The second kappa shape index (κ2) is 6.40. The molecule has 4 rings (SSSR count). The van der Waals surface area contributed by atoms with Crippen molar-refractivity contribution in [2.75, 3.05) is 0 Å². The molecule has 0 aliphatic rings. The van der Waals surface area contributed by atoms with Crippen molar-refractivity contribution < 1.29 is 13.3 Å². The van der Waals surface area contributed by atoms with Gasteiger partial charge in [0.25, 0.3) is 5.89 Å². The first-order valence-electron chi connectivity index (χ1n) is 7.65. The number of rotatable bonds is 3. The van der Waals surface area contributed by atoms with Crippen LogP contribution in [0.5, 0.6) is 0 Å². The summed E-state index contributed by atoms with van der Waals surface area (Å²) < 4.78 is 31.9. The highest BCUT2D eigenvalue weighted by Gasteiger charge is 2.14. The van der Waals surface area contributed by atoms with Gasteiger partial charge in [-0.3, -0.25) is 9.97 Å². The van der Waals surface area contributed by atoms with Gasteiger partial charge in [0.2, 0.25) is 5.82 Å². The maximum absolute atomic E-state index is 13.8. The Bertz CT molecular complexity index is 1080. The number of halogens is 2. The topological polar surface area (TPSA) is 77.6 Å². The zero-order chi connectivity index (χ0) is 18.1. The van der Waals surface area contributed by atoms with Gasteiger partial charge < -0.3 is 4.52 Å². The van der Waals surface area contributed by atoms with Crippen LogP contribution in [0.2, 0.25) is 0 Å². The third kappa shape index (κ3) is 3.04. The lowest BCUT2D eigenvalue weighted by Gasteiger charge is -2.03. The number of pyridine rings is 3. The van der Waals surface area contributed by atoms with Gasteiger partial charge in [0.05, 0.1) is 11.9 Å². The van der Waals surface area contributed by atoms with Gasteiger partial charge in [-0.05, 0) is 42.8 Å². The van der Waals surface area contributed by atoms with E-state index in [0.29, 0.717) is 28.2 Å². The molecule has 26 heavy (non-hydrogen) atoms. The Labute approximate surface area is 146 Å². The van der Waals surface area contributed by atoms with Crippen molar-refractivity contribution in [1.29, 1.82) is 0 Å². The van der Waals surface area contributed by atoms with Crippen molar-refractivity contribution in [2.24, 2.45) is 0 Å². The van der Waals surface area contributed by atoms with E-state index in [0.717, 1.165) is 6.20 Å². The van der Waals surface area contributed by atoms with Crippen LogP contribution >= 0.6 is 0 Å². The first kappa shape index (κ1) is 15.9. The van der Waals surface area contributed by atoms with E-state index in [-0.39, 0.29) is 17.5 Å². The van der Waals surface area contributed by atoms with Gasteiger partial charge in [0.1, 0.15) is 23.0 Å². The minimum atomic E-state index is -0.457. The lowest BCUT2D eigenvalue weighted by Crippen LogP contribution is -1.91. The van der Waals surface area contributed by atoms with E-state index in [1.54, 1.807) is 31.5 Å². The highest BCUT2D eigenvalue weighted by Crippen LogP contribution is 2.25. The van der Waals surface area contributed by atoms with Crippen molar-refractivity contribution in [3.63, 3.8) is 0 Å². The van der Waals surface area contributed by atoms with E-state index in [9.17, 15) is 8.78 Å². The third-order valence-electron chi connectivity index (χ3n) is 3.72. The van der Waals surface area contributed by atoms with Crippen LogP contribution in [0.4, 0.5) is 8.78 Å². The van der Waals surface area contributed by atoms with Crippen LogP contribution in [-0.2, 0) is 0 Å². The number of hydrogen-bond donors (Lipinski definition) is 0. The predicted octanol–water partition coefficient (Wildman–Crippen LogP) is 3.84. The molecule has 8 heteroatoms. The molecule has 128 valence electrons. The maximum Gasteiger partial charge on any atom is 0.276 e. The summed E-state index contributed by atoms with van der Waals surface area (Å²) in [5.41, 5.74) is 2.46.